The molecule has 0 atom stereocenters. The maximum atomic E-state index is 14.6. The molecule has 0 bridgehead atoms. The lowest BCUT2D eigenvalue weighted by molar-refractivity contribution is 0.0697. The molecule has 1 heterocycles. The lowest BCUT2D eigenvalue weighted by atomic mass is 10.1. The maximum absolute atomic E-state index is 14.6. The second kappa shape index (κ2) is 5.42. The number of nitrogens with zero attached hydrogens (tertiary/aromatic N) is 1. The monoisotopic (exact) mass is 363 g/mol. The van der Waals surface area contributed by atoms with Crippen molar-refractivity contribution in [1.29, 1.82) is 0 Å². The van der Waals surface area contributed by atoms with Crippen LogP contribution in [-0.2, 0) is 0 Å². The Labute approximate surface area is 133 Å². The van der Waals surface area contributed by atoms with Crippen molar-refractivity contribution >= 4 is 44.3 Å². The van der Waals surface area contributed by atoms with Crippen molar-refractivity contribution in [1.82, 2.24) is 9.97 Å². The summed E-state index contributed by atoms with van der Waals surface area (Å²) in [4.78, 5) is 18.0. The minimum Gasteiger partial charge on any atom is -0.478 e. The minimum absolute atomic E-state index is 0.0883. The van der Waals surface area contributed by atoms with Gasteiger partial charge in [0.1, 0.15) is 5.52 Å². The number of aromatic amines is 1. The van der Waals surface area contributed by atoms with Gasteiger partial charge in [0, 0.05) is 10.2 Å². The molecule has 3 N–H and O–H groups in total. The van der Waals surface area contributed by atoms with E-state index in [1.807, 2.05) is 13.0 Å². The van der Waals surface area contributed by atoms with Gasteiger partial charge < -0.3 is 15.4 Å². The van der Waals surface area contributed by atoms with Crippen molar-refractivity contribution < 1.29 is 14.3 Å². The molecule has 0 aliphatic carbocycles. The van der Waals surface area contributed by atoms with E-state index in [4.69, 9.17) is 0 Å². The zero-order chi connectivity index (χ0) is 15.9. The average Bonchev–Trinajstić information content (AvgIpc) is 2.92. The molecule has 2 aromatic carbocycles. The third-order valence-electron chi connectivity index (χ3n) is 3.34. The highest BCUT2D eigenvalue weighted by atomic mass is 79.9. The third-order valence-corrected chi connectivity index (χ3v) is 3.83. The van der Waals surface area contributed by atoms with Gasteiger partial charge in [-0.25, -0.2) is 14.2 Å². The van der Waals surface area contributed by atoms with Crippen LogP contribution < -0.4 is 5.32 Å². The van der Waals surface area contributed by atoms with Crippen LogP contribution in [-0.4, -0.2) is 21.0 Å². The Morgan fingerprint density at radius 1 is 1.41 bits per heavy atom. The van der Waals surface area contributed by atoms with Gasteiger partial charge in [0.25, 0.3) is 0 Å². The molecular weight excluding hydrogens is 353 g/mol. The van der Waals surface area contributed by atoms with Crippen LogP contribution in [0.1, 0.15) is 15.9 Å². The van der Waals surface area contributed by atoms with Crippen LogP contribution in [0, 0.1) is 12.7 Å². The second-order valence-corrected chi connectivity index (χ2v) is 5.71. The molecule has 3 rings (SSSR count). The highest BCUT2D eigenvalue weighted by Gasteiger charge is 2.20. The summed E-state index contributed by atoms with van der Waals surface area (Å²) in [5.41, 5.74) is 1.67. The number of halogens is 2. The number of aromatic carboxylic acids is 1. The molecular formula is C15H11BrFN3O2. The van der Waals surface area contributed by atoms with Crippen molar-refractivity contribution in [3.63, 3.8) is 0 Å². The number of aryl methyl sites for hydroxylation is 1. The third kappa shape index (κ3) is 2.43. The number of hydrogen-bond acceptors (Lipinski definition) is 3. The topological polar surface area (TPSA) is 78.0 Å². The Balaban J connectivity index is 2.18. The second-order valence-electron chi connectivity index (χ2n) is 4.80. The van der Waals surface area contributed by atoms with Gasteiger partial charge in [-0.2, -0.15) is 0 Å². The maximum Gasteiger partial charge on any atom is 0.338 e. The van der Waals surface area contributed by atoms with E-state index in [-0.39, 0.29) is 22.3 Å². The molecule has 0 fully saturated rings. The van der Waals surface area contributed by atoms with Gasteiger partial charge in [-0.05, 0) is 36.8 Å². The summed E-state index contributed by atoms with van der Waals surface area (Å²) in [6.07, 6.45) is 1.33. The number of carboxylic acids is 1. The summed E-state index contributed by atoms with van der Waals surface area (Å²) < 4.78 is 15.5. The van der Waals surface area contributed by atoms with Crippen LogP contribution in [0.4, 0.5) is 15.8 Å². The zero-order valence-corrected chi connectivity index (χ0v) is 13.0. The number of carbonyl (C=O) groups is 1. The Hall–Kier alpha value is -2.41. The van der Waals surface area contributed by atoms with Crippen LogP contribution in [0.3, 0.4) is 0 Å². The van der Waals surface area contributed by atoms with Crippen LogP contribution in [0.2, 0.25) is 0 Å². The van der Waals surface area contributed by atoms with E-state index in [1.54, 1.807) is 12.1 Å². The largest absolute Gasteiger partial charge is 0.478 e. The van der Waals surface area contributed by atoms with Crippen molar-refractivity contribution in [3.05, 3.63) is 52.0 Å². The Kier molecular flexibility index (Phi) is 3.58. The Morgan fingerprint density at radius 2 is 2.18 bits per heavy atom. The smallest absolute Gasteiger partial charge is 0.338 e. The van der Waals surface area contributed by atoms with Crippen molar-refractivity contribution in [2.75, 3.05) is 5.32 Å². The molecule has 0 amide bonds. The fraction of sp³-hybridized carbons (Fsp3) is 0.0667. The number of hydrogen-bond donors (Lipinski definition) is 3. The van der Waals surface area contributed by atoms with Crippen LogP contribution in [0.5, 0.6) is 0 Å². The summed E-state index contributed by atoms with van der Waals surface area (Å²) in [5, 5.41) is 12.2. The van der Waals surface area contributed by atoms with Crippen molar-refractivity contribution in [2.24, 2.45) is 0 Å². The highest BCUT2D eigenvalue weighted by molar-refractivity contribution is 9.10. The number of rotatable bonds is 3. The lowest BCUT2D eigenvalue weighted by Gasteiger charge is -2.13. The van der Waals surface area contributed by atoms with Crippen LogP contribution >= 0.6 is 15.9 Å². The molecule has 22 heavy (non-hydrogen) atoms. The normalized spacial score (nSPS) is 10.9. The number of aromatic nitrogens is 2. The first-order chi connectivity index (χ1) is 10.5. The van der Waals surface area contributed by atoms with E-state index >= 15 is 0 Å². The molecule has 0 saturated carbocycles. The molecule has 5 nitrogen and oxygen atoms in total. The summed E-state index contributed by atoms with van der Waals surface area (Å²) in [5.74, 6) is -1.89. The number of imidazole rings is 1. The molecule has 0 spiro atoms. The fourth-order valence-corrected chi connectivity index (χ4v) is 2.71. The first-order valence-corrected chi connectivity index (χ1v) is 7.18. The summed E-state index contributed by atoms with van der Waals surface area (Å²) >= 11 is 3.35. The minimum atomic E-state index is -1.22. The zero-order valence-electron chi connectivity index (χ0n) is 11.4. The first kappa shape index (κ1) is 14.5. The molecule has 0 aliphatic heterocycles. The molecule has 7 heteroatoms. The Morgan fingerprint density at radius 3 is 2.86 bits per heavy atom. The number of carboxylic acid groups (broad SMARTS) is 1. The first-order valence-electron chi connectivity index (χ1n) is 6.39. The van der Waals surface area contributed by atoms with Gasteiger partial charge in [-0.1, -0.05) is 15.9 Å². The predicted molar refractivity (Wildman–Crippen MR) is 85.2 cm³/mol. The predicted octanol–water partition coefficient (Wildman–Crippen LogP) is 4.21. The van der Waals surface area contributed by atoms with Crippen LogP contribution in [0.15, 0.2) is 35.1 Å². The van der Waals surface area contributed by atoms with E-state index in [0.29, 0.717) is 5.69 Å². The van der Waals surface area contributed by atoms with E-state index < -0.39 is 11.8 Å². The molecule has 0 aliphatic rings. The standard InChI is InChI=1S/C15H11BrFN3O2/c1-7-4-8(16)2-3-10(7)20-13-9(15(21)22)5-11-14(12(13)17)19-6-18-11/h2-6,20H,1H3,(H,18,19)(H,21,22). The van der Waals surface area contributed by atoms with Crippen molar-refractivity contribution in [3.8, 4) is 0 Å². The number of H-pyrrole nitrogens is 1. The number of anilines is 2. The van der Waals surface area contributed by atoms with Crippen LogP contribution in [0.25, 0.3) is 11.0 Å². The van der Waals surface area contributed by atoms with E-state index in [0.717, 1.165) is 10.0 Å². The van der Waals surface area contributed by atoms with Gasteiger partial charge in [0.05, 0.1) is 23.1 Å². The van der Waals surface area contributed by atoms with Crippen molar-refractivity contribution in [2.45, 2.75) is 6.92 Å². The molecule has 3 aromatic rings. The number of fused-ring (bicyclic) bond motifs is 1. The number of nitrogens with one attached hydrogen (secondary N) is 2. The lowest BCUT2D eigenvalue weighted by Crippen LogP contribution is -2.06. The fourth-order valence-electron chi connectivity index (χ4n) is 2.24. The van der Waals surface area contributed by atoms with E-state index in [1.165, 1.54) is 12.4 Å². The van der Waals surface area contributed by atoms with Gasteiger partial charge in [-0.15, -0.1) is 0 Å². The Bertz CT molecular complexity index is 892. The summed E-state index contributed by atoms with van der Waals surface area (Å²) in [7, 11) is 0. The van der Waals surface area contributed by atoms with Gasteiger partial charge in [0.2, 0.25) is 0 Å². The van der Waals surface area contributed by atoms with Gasteiger partial charge >= 0.3 is 5.97 Å². The molecule has 0 saturated heterocycles. The molecule has 0 radical (unpaired) electrons. The van der Waals surface area contributed by atoms with E-state index in [2.05, 4.69) is 31.2 Å². The summed E-state index contributed by atoms with van der Waals surface area (Å²) in [6, 6.07) is 6.74. The molecule has 0 unspecified atom stereocenters. The van der Waals surface area contributed by atoms with Gasteiger partial charge in [-0.3, -0.25) is 0 Å². The highest BCUT2D eigenvalue weighted by Crippen LogP contribution is 2.31. The molecule has 112 valence electrons. The SMILES string of the molecule is Cc1cc(Br)ccc1Nc1c(C(=O)O)cc2nc[nH]c2c1F. The quantitative estimate of drug-likeness (QED) is 0.651. The molecule has 1 aromatic heterocycles. The number of benzene rings is 2. The van der Waals surface area contributed by atoms with E-state index in [9.17, 15) is 14.3 Å². The summed E-state index contributed by atoms with van der Waals surface area (Å²) in [6.45, 7) is 1.85. The average molecular weight is 364 g/mol. The van der Waals surface area contributed by atoms with Gasteiger partial charge in [0.15, 0.2) is 5.82 Å².